The van der Waals surface area contributed by atoms with Crippen molar-refractivity contribution in [2.45, 2.75) is 17.4 Å². The topological polar surface area (TPSA) is 63.2 Å². The molecule has 2 atom stereocenters. The van der Waals surface area contributed by atoms with Crippen molar-refractivity contribution < 1.29 is 17.7 Å². The number of aromatic nitrogens is 1. The fourth-order valence-corrected chi connectivity index (χ4v) is 5.06. The van der Waals surface area contributed by atoms with Gasteiger partial charge in [-0.3, -0.25) is 4.72 Å². The van der Waals surface area contributed by atoms with Crippen LogP contribution in [0, 0.1) is 11.6 Å². The minimum atomic E-state index is -1.87. The summed E-state index contributed by atoms with van der Waals surface area (Å²) in [6, 6.07) is 6.73. The molecular formula is C21H17Cl2F2N3O2S2. The first kappa shape index (κ1) is 23.1. The minimum Gasteiger partial charge on any atom is -0.490 e. The lowest BCUT2D eigenvalue weighted by molar-refractivity contribution is 0.287. The molecule has 11 heteroatoms. The Hall–Kier alpha value is -2.04. The first-order valence-corrected chi connectivity index (χ1v) is 12.3. The van der Waals surface area contributed by atoms with Gasteiger partial charge in [0, 0.05) is 11.4 Å². The SMILES string of the molecule is O=S(Nc1cscn1)c1cc(Cl)c(OCC2NCCC=C2c2ccc(Cl)c(F)c2)cc1F. The minimum absolute atomic E-state index is 0.0509. The number of ether oxygens (including phenoxy) is 1. The zero-order valence-corrected chi connectivity index (χ0v) is 19.6. The van der Waals surface area contributed by atoms with Gasteiger partial charge in [-0.25, -0.2) is 18.0 Å². The molecule has 0 radical (unpaired) electrons. The highest BCUT2D eigenvalue weighted by Gasteiger charge is 2.22. The summed E-state index contributed by atoms with van der Waals surface area (Å²) in [6.45, 7) is 0.852. The molecule has 0 aliphatic carbocycles. The van der Waals surface area contributed by atoms with Gasteiger partial charge in [-0.15, -0.1) is 11.3 Å². The molecule has 3 aromatic rings. The molecule has 2 unspecified atom stereocenters. The van der Waals surface area contributed by atoms with Crippen molar-refractivity contribution in [2.75, 3.05) is 17.9 Å². The first-order chi connectivity index (χ1) is 15.4. The van der Waals surface area contributed by atoms with Crippen LogP contribution in [-0.2, 0) is 11.0 Å². The van der Waals surface area contributed by atoms with Gasteiger partial charge in [0.25, 0.3) is 0 Å². The van der Waals surface area contributed by atoms with Gasteiger partial charge in [-0.1, -0.05) is 35.3 Å². The van der Waals surface area contributed by atoms with E-state index in [2.05, 4.69) is 15.0 Å². The number of anilines is 1. The molecule has 5 nitrogen and oxygen atoms in total. The Morgan fingerprint density at radius 2 is 2.06 bits per heavy atom. The molecule has 4 rings (SSSR count). The average molecular weight is 516 g/mol. The van der Waals surface area contributed by atoms with Crippen LogP contribution in [0.1, 0.15) is 12.0 Å². The molecule has 2 N–H and O–H groups in total. The molecular weight excluding hydrogens is 499 g/mol. The second-order valence-electron chi connectivity index (χ2n) is 6.85. The highest BCUT2D eigenvalue weighted by Crippen LogP contribution is 2.31. The molecule has 1 aromatic heterocycles. The summed E-state index contributed by atoms with van der Waals surface area (Å²) < 4.78 is 49.4. The fourth-order valence-electron chi connectivity index (χ4n) is 3.23. The molecule has 2 aromatic carbocycles. The molecule has 0 saturated heterocycles. The fraction of sp³-hybridized carbons (Fsp3) is 0.190. The first-order valence-electron chi connectivity index (χ1n) is 9.49. The summed E-state index contributed by atoms with van der Waals surface area (Å²) in [7, 11) is -1.87. The van der Waals surface area contributed by atoms with Crippen molar-refractivity contribution in [3.8, 4) is 5.75 Å². The van der Waals surface area contributed by atoms with Gasteiger partial charge in [0.15, 0.2) is 11.0 Å². The van der Waals surface area contributed by atoms with Gasteiger partial charge in [-0.05, 0) is 42.3 Å². The van der Waals surface area contributed by atoms with E-state index in [9.17, 15) is 13.0 Å². The highest BCUT2D eigenvalue weighted by atomic mass is 35.5. The normalized spacial score (nSPS) is 17.0. The summed E-state index contributed by atoms with van der Waals surface area (Å²) in [5, 5.41) is 5.14. The van der Waals surface area contributed by atoms with Crippen LogP contribution in [0.25, 0.3) is 5.57 Å². The van der Waals surface area contributed by atoms with Gasteiger partial charge >= 0.3 is 0 Å². The van der Waals surface area contributed by atoms with Gasteiger partial charge in [0.1, 0.15) is 29.8 Å². The van der Waals surface area contributed by atoms with Crippen molar-refractivity contribution in [3.05, 3.63) is 74.5 Å². The largest absolute Gasteiger partial charge is 0.490 e. The Balaban J connectivity index is 1.48. The van der Waals surface area contributed by atoms with Gasteiger partial charge in [0.05, 0.1) is 26.5 Å². The van der Waals surface area contributed by atoms with Gasteiger partial charge in [0.2, 0.25) is 0 Å². The van der Waals surface area contributed by atoms with E-state index >= 15 is 0 Å². The van der Waals surface area contributed by atoms with Crippen LogP contribution in [0.4, 0.5) is 14.6 Å². The molecule has 1 aliphatic heterocycles. The quantitative estimate of drug-likeness (QED) is 0.424. The third kappa shape index (κ3) is 5.29. The Kier molecular flexibility index (Phi) is 7.42. The van der Waals surface area contributed by atoms with E-state index in [0.717, 1.165) is 24.6 Å². The number of hydrogen-bond donors (Lipinski definition) is 2. The van der Waals surface area contributed by atoms with E-state index in [0.29, 0.717) is 11.4 Å². The van der Waals surface area contributed by atoms with Crippen molar-refractivity contribution in [2.24, 2.45) is 0 Å². The van der Waals surface area contributed by atoms with E-state index in [1.165, 1.54) is 29.5 Å². The number of rotatable bonds is 7. The maximum atomic E-state index is 14.6. The zero-order chi connectivity index (χ0) is 22.7. The van der Waals surface area contributed by atoms with Crippen LogP contribution in [0.15, 0.2) is 52.2 Å². The molecule has 0 bridgehead atoms. The number of hydrogen-bond acceptors (Lipinski definition) is 5. The molecule has 1 aliphatic rings. The Morgan fingerprint density at radius 1 is 1.22 bits per heavy atom. The van der Waals surface area contributed by atoms with Crippen LogP contribution < -0.4 is 14.8 Å². The summed E-state index contributed by atoms with van der Waals surface area (Å²) in [6.07, 6.45) is 2.78. The molecule has 0 amide bonds. The third-order valence-corrected chi connectivity index (χ3v) is 7.04. The van der Waals surface area contributed by atoms with Crippen molar-refractivity contribution in [1.29, 1.82) is 0 Å². The maximum absolute atomic E-state index is 14.6. The molecule has 168 valence electrons. The van der Waals surface area contributed by atoms with E-state index in [1.54, 1.807) is 17.0 Å². The number of halogens is 4. The van der Waals surface area contributed by atoms with Crippen molar-refractivity contribution in [3.63, 3.8) is 0 Å². The predicted octanol–water partition coefficient (Wildman–Crippen LogP) is 5.69. The molecule has 32 heavy (non-hydrogen) atoms. The highest BCUT2D eigenvalue weighted by molar-refractivity contribution is 7.86. The number of benzene rings is 2. The van der Waals surface area contributed by atoms with E-state index in [1.807, 2.05) is 6.08 Å². The summed E-state index contributed by atoms with van der Waals surface area (Å²) in [5.41, 5.74) is 3.11. The van der Waals surface area contributed by atoms with Gasteiger partial charge in [-0.2, -0.15) is 0 Å². The van der Waals surface area contributed by atoms with E-state index < -0.39 is 22.6 Å². The Bertz CT molecular complexity index is 1180. The lowest BCUT2D eigenvalue weighted by Crippen LogP contribution is -2.38. The van der Waals surface area contributed by atoms with E-state index in [4.69, 9.17) is 27.9 Å². The van der Waals surface area contributed by atoms with Crippen LogP contribution in [0.3, 0.4) is 0 Å². The maximum Gasteiger partial charge on any atom is 0.154 e. The lowest BCUT2D eigenvalue weighted by Gasteiger charge is -2.26. The summed E-state index contributed by atoms with van der Waals surface area (Å²) >= 11 is 13.4. The van der Waals surface area contributed by atoms with Crippen LogP contribution >= 0.6 is 34.5 Å². The number of thiazole rings is 1. The third-order valence-electron chi connectivity index (χ3n) is 4.75. The molecule has 0 spiro atoms. The zero-order valence-electron chi connectivity index (χ0n) is 16.4. The molecule has 0 fully saturated rings. The van der Waals surface area contributed by atoms with Crippen molar-refractivity contribution >= 4 is 56.9 Å². The Morgan fingerprint density at radius 3 is 2.81 bits per heavy atom. The van der Waals surface area contributed by atoms with Crippen molar-refractivity contribution in [1.82, 2.24) is 10.3 Å². The van der Waals surface area contributed by atoms with Crippen LogP contribution in [0.2, 0.25) is 10.0 Å². The predicted molar refractivity (Wildman–Crippen MR) is 125 cm³/mol. The molecule has 0 saturated carbocycles. The second kappa shape index (κ2) is 10.3. The summed E-state index contributed by atoms with van der Waals surface area (Å²) in [4.78, 5) is 3.86. The number of nitrogens with one attached hydrogen (secondary N) is 2. The van der Waals surface area contributed by atoms with Crippen LogP contribution in [0.5, 0.6) is 5.75 Å². The Labute approximate surface area is 200 Å². The average Bonchev–Trinajstić information content (AvgIpc) is 3.29. The van der Waals surface area contributed by atoms with Gasteiger partial charge < -0.3 is 10.1 Å². The monoisotopic (exact) mass is 515 g/mol. The molecule has 2 heterocycles. The van der Waals surface area contributed by atoms with E-state index in [-0.39, 0.29) is 33.3 Å². The standard InChI is InChI=1S/C21H17Cl2F2N3O2S2/c22-14-4-3-12(6-16(14)24)13-2-1-5-26-18(13)9-30-19-8-17(25)20(7-15(19)23)32(29)28-21-10-31-11-27-21/h2-4,6-8,10-11,18,26,28H,1,5,9H2. The smallest absolute Gasteiger partial charge is 0.154 e. The van der Waals surface area contributed by atoms with Crippen LogP contribution in [-0.4, -0.2) is 28.4 Å². The number of nitrogens with zero attached hydrogens (tertiary/aromatic N) is 1. The lowest BCUT2D eigenvalue weighted by atomic mass is 9.95. The summed E-state index contributed by atoms with van der Waals surface area (Å²) in [5.74, 6) is -0.731. The second-order valence-corrected chi connectivity index (χ2v) is 9.57.